The third kappa shape index (κ3) is 7.57. The Hall–Kier alpha value is -0.330. The van der Waals surface area contributed by atoms with Crippen LogP contribution in [0.2, 0.25) is 0 Å². The zero-order valence-electron chi connectivity index (χ0n) is 10.2. The fraction of sp³-hybridized carbons (Fsp3) is 1.00. The molecule has 1 aliphatic rings. The summed E-state index contributed by atoms with van der Waals surface area (Å²) in [7, 11) is 0. The quantitative estimate of drug-likeness (QED) is 0.769. The summed E-state index contributed by atoms with van der Waals surface area (Å²) >= 11 is 0. The highest BCUT2D eigenvalue weighted by Crippen LogP contribution is 2.14. The summed E-state index contributed by atoms with van der Waals surface area (Å²) in [6.45, 7) is 5.53. The molecule has 1 atom stereocenters. The number of ether oxygens (including phenoxy) is 1. The molecule has 0 amide bonds. The smallest absolute Gasteiger partial charge is 0.371 e. The van der Waals surface area contributed by atoms with Crippen molar-refractivity contribution in [3.05, 3.63) is 0 Å². The van der Waals surface area contributed by atoms with E-state index in [0.29, 0.717) is 12.5 Å². The molecule has 0 spiro atoms. The van der Waals surface area contributed by atoms with Gasteiger partial charge in [0.15, 0.2) is 0 Å². The summed E-state index contributed by atoms with van der Waals surface area (Å²) in [5, 5.41) is 3.34. The summed E-state index contributed by atoms with van der Waals surface area (Å²) in [5.74, 6) is 0.526. The van der Waals surface area contributed by atoms with Crippen molar-refractivity contribution in [2.75, 3.05) is 45.9 Å². The lowest BCUT2D eigenvalue weighted by Gasteiger charge is -2.28. The maximum atomic E-state index is 11.9. The Morgan fingerprint density at radius 3 is 2.88 bits per heavy atom. The highest BCUT2D eigenvalue weighted by Gasteiger charge is 2.27. The predicted molar refractivity (Wildman–Crippen MR) is 60.0 cm³/mol. The first-order valence-corrected chi connectivity index (χ1v) is 6.05. The van der Waals surface area contributed by atoms with Crippen LogP contribution in [0.1, 0.15) is 13.3 Å². The number of hydrogen-bond acceptors (Lipinski definition) is 3. The summed E-state index contributed by atoms with van der Waals surface area (Å²) in [4.78, 5) is 2.18. The van der Waals surface area contributed by atoms with Gasteiger partial charge in [-0.25, -0.2) is 0 Å². The van der Waals surface area contributed by atoms with Crippen molar-refractivity contribution in [3.63, 3.8) is 0 Å². The molecule has 0 aromatic carbocycles. The Kier molecular flexibility index (Phi) is 6.22. The normalized spacial score (nSPS) is 24.4. The molecule has 0 radical (unpaired) electrons. The Labute approximate surface area is 100 Å². The van der Waals surface area contributed by atoms with Gasteiger partial charge < -0.3 is 15.0 Å². The van der Waals surface area contributed by atoms with Gasteiger partial charge in [-0.05, 0) is 32.0 Å². The van der Waals surface area contributed by atoms with Crippen molar-refractivity contribution >= 4 is 0 Å². The second kappa shape index (κ2) is 7.18. The van der Waals surface area contributed by atoms with Crippen molar-refractivity contribution in [2.45, 2.75) is 19.5 Å². The SMILES string of the molecule is CC1CNCCCN(CCOCC(F)(F)F)C1. The first-order valence-electron chi connectivity index (χ1n) is 6.05. The van der Waals surface area contributed by atoms with Crippen LogP contribution in [0.15, 0.2) is 0 Å². The van der Waals surface area contributed by atoms with Crippen LogP contribution in [0.3, 0.4) is 0 Å². The molecule has 1 N–H and O–H groups in total. The van der Waals surface area contributed by atoms with Crippen LogP contribution in [0.25, 0.3) is 0 Å². The number of alkyl halides is 3. The van der Waals surface area contributed by atoms with E-state index >= 15 is 0 Å². The number of halogens is 3. The average molecular weight is 254 g/mol. The Morgan fingerprint density at radius 2 is 2.18 bits per heavy atom. The van der Waals surface area contributed by atoms with E-state index in [1.165, 1.54) is 0 Å². The lowest BCUT2D eigenvalue weighted by atomic mass is 10.1. The lowest BCUT2D eigenvalue weighted by Crippen LogP contribution is -2.40. The van der Waals surface area contributed by atoms with Crippen LogP contribution in [-0.4, -0.2) is 57.0 Å². The summed E-state index contributed by atoms with van der Waals surface area (Å²) in [6.07, 6.45) is -3.18. The van der Waals surface area contributed by atoms with Gasteiger partial charge in [0.1, 0.15) is 6.61 Å². The molecular weight excluding hydrogens is 233 g/mol. The van der Waals surface area contributed by atoms with Crippen LogP contribution in [-0.2, 0) is 4.74 Å². The van der Waals surface area contributed by atoms with Gasteiger partial charge in [0, 0.05) is 13.1 Å². The van der Waals surface area contributed by atoms with Crippen LogP contribution >= 0.6 is 0 Å². The minimum absolute atomic E-state index is 0.152. The molecule has 3 nitrogen and oxygen atoms in total. The summed E-state index contributed by atoms with van der Waals surface area (Å²) in [5.41, 5.74) is 0. The van der Waals surface area contributed by atoms with Gasteiger partial charge in [-0.1, -0.05) is 6.92 Å². The van der Waals surface area contributed by atoms with Crippen LogP contribution in [0.5, 0.6) is 0 Å². The van der Waals surface area contributed by atoms with Gasteiger partial charge in [-0.3, -0.25) is 0 Å². The standard InChI is InChI=1S/C11H21F3N2O/c1-10-7-15-3-2-4-16(8-10)5-6-17-9-11(12,13)14/h10,15H,2-9H2,1H3. The number of hydrogen-bond donors (Lipinski definition) is 1. The first-order chi connectivity index (χ1) is 7.97. The molecule has 0 aromatic heterocycles. The molecule has 1 fully saturated rings. The third-order valence-electron chi connectivity index (χ3n) is 2.71. The minimum Gasteiger partial charge on any atom is -0.371 e. The molecule has 17 heavy (non-hydrogen) atoms. The van der Waals surface area contributed by atoms with E-state index in [1.54, 1.807) is 0 Å². The summed E-state index contributed by atoms with van der Waals surface area (Å²) < 4.78 is 40.2. The van der Waals surface area contributed by atoms with Crippen molar-refractivity contribution in [3.8, 4) is 0 Å². The van der Waals surface area contributed by atoms with Crippen LogP contribution in [0, 0.1) is 5.92 Å². The molecule has 0 aliphatic carbocycles. The third-order valence-corrected chi connectivity index (χ3v) is 2.71. The van der Waals surface area contributed by atoms with E-state index in [-0.39, 0.29) is 6.61 Å². The van der Waals surface area contributed by atoms with E-state index in [0.717, 1.165) is 32.6 Å². The molecule has 1 aliphatic heterocycles. The van der Waals surface area contributed by atoms with Gasteiger partial charge in [-0.2, -0.15) is 13.2 Å². The van der Waals surface area contributed by atoms with Crippen molar-refractivity contribution in [1.82, 2.24) is 10.2 Å². The van der Waals surface area contributed by atoms with E-state index < -0.39 is 12.8 Å². The Morgan fingerprint density at radius 1 is 1.41 bits per heavy atom. The van der Waals surface area contributed by atoms with E-state index in [2.05, 4.69) is 21.9 Å². The van der Waals surface area contributed by atoms with Gasteiger partial charge >= 0.3 is 6.18 Å². The molecule has 6 heteroatoms. The zero-order valence-corrected chi connectivity index (χ0v) is 10.2. The van der Waals surface area contributed by atoms with Crippen molar-refractivity contribution in [2.24, 2.45) is 5.92 Å². The second-order valence-corrected chi connectivity index (χ2v) is 4.63. The molecule has 0 bridgehead atoms. The summed E-state index contributed by atoms with van der Waals surface area (Å²) in [6, 6.07) is 0. The van der Waals surface area contributed by atoms with Gasteiger partial charge in [0.05, 0.1) is 6.61 Å². The fourth-order valence-electron chi connectivity index (χ4n) is 1.96. The number of nitrogens with one attached hydrogen (secondary N) is 1. The largest absolute Gasteiger partial charge is 0.411 e. The van der Waals surface area contributed by atoms with Gasteiger partial charge in [-0.15, -0.1) is 0 Å². The minimum atomic E-state index is -4.21. The molecule has 0 aromatic rings. The van der Waals surface area contributed by atoms with Crippen LogP contribution < -0.4 is 5.32 Å². The van der Waals surface area contributed by atoms with E-state index in [9.17, 15) is 13.2 Å². The van der Waals surface area contributed by atoms with Crippen molar-refractivity contribution < 1.29 is 17.9 Å². The first kappa shape index (κ1) is 14.7. The van der Waals surface area contributed by atoms with Gasteiger partial charge in [0.2, 0.25) is 0 Å². The van der Waals surface area contributed by atoms with Crippen molar-refractivity contribution in [1.29, 1.82) is 0 Å². The van der Waals surface area contributed by atoms with Crippen LogP contribution in [0.4, 0.5) is 13.2 Å². The highest BCUT2D eigenvalue weighted by molar-refractivity contribution is 4.69. The molecule has 1 saturated heterocycles. The molecule has 1 heterocycles. The topological polar surface area (TPSA) is 24.5 Å². The van der Waals surface area contributed by atoms with E-state index in [1.807, 2.05) is 0 Å². The second-order valence-electron chi connectivity index (χ2n) is 4.63. The average Bonchev–Trinajstić information content (AvgIpc) is 2.18. The number of rotatable bonds is 4. The molecule has 102 valence electrons. The maximum absolute atomic E-state index is 11.9. The van der Waals surface area contributed by atoms with Gasteiger partial charge in [0.25, 0.3) is 0 Å². The zero-order chi connectivity index (χ0) is 12.7. The highest BCUT2D eigenvalue weighted by atomic mass is 19.4. The molecular formula is C11H21F3N2O. The Bertz CT molecular complexity index is 211. The number of nitrogens with zero attached hydrogens (tertiary/aromatic N) is 1. The predicted octanol–water partition coefficient (Wildman–Crippen LogP) is 1.50. The molecule has 0 saturated carbocycles. The fourth-order valence-corrected chi connectivity index (χ4v) is 1.96. The maximum Gasteiger partial charge on any atom is 0.411 e. The molecule has 1 unspecified atom stereocenters. The Balaban J connectivity index is 2.15. The monoisotopic (exact) mass is 254 g/mol. The van der Waals surface area contributed by atoms with E-state index in [4.69, 9.17) is 0 Å². The molecule has 1 rings (SSSR count). The lowest BCUT2D eigenvalue weighted by molar-refractivity contribution is -0.174.